The molecule has 0 amide bonds. The first kappa shape index (κ1) is 14.3. The van der Waals surface area contributed by atoms with Gasteiger partial charge >= 0.3 is 0 Å². The number of aromatic nitrogens is 2. The quantitative estimate of drug-likeness (QED) is 0.772. The molecule has 2 aromatic carbocycles. The Morgan fingerprint density at radius 2 is 1.77 bits per heavy atom. The number of aryl methyl sites for hydroxylation is 2. The topological polar surface area (TPSA) is 51.0 Å². The Bertz CT molecular complexity index is 750. The summed E-state index contributed by atoms with van der Waals surface area (Å²) in [6.07, 6.45) is 0.701. The van der Waals surface area contributed by atoms with Gasteiger partial charge in [-0.3, -0.25) is 0 Å². The van der Waals surface area contributed by atoms with Gasteiger partial charge in [0.2, 0.25) is 11.8 Å². The van der Waals surface area contributed by atoms with Crippen molar-refractivity contribution in [2.75, 3.05) is 11.9 Å². The molecule has 0 spiro atoms. The average Bonchev–Trinajstić information content (AvgIpc) is 3.01. The summed E-state index contributed by atoms with van der Waals surface area (Å²) in [5.41, 5.74) is 4.65. The molecule has 0 aliphatic rings. The molecule has 0 aliphatic carbocycles. The summed E-state index contributed by atoms with van der Waals surface area (Å²) in [5, 5.41) is 11.6. The third-order valence-corrected chi connectivity index (χ3v) is 3.66. The molecule has 112 valence electrons. The standard InChI is InChI=1S/C18H19N3O/c1-13-8-9-16(12-14(13)2)19-11-10-17-20-21-18(22-17)15-6-4-3-5-7-15/h3-9,12,19H,10-11H2,1-2H3. The van der Waals surface area contributed by atoms with Gasteiger partial charge in [0.15, 0.2) is 0 Å². The van der Waals surface area contributed by atoms with Crippen LogP contribution in [0.25, 0.3) is 11.5 Å². The third-order valence-electron chi connectivity index (χ3n) is 3.66. The molecule has 1 N–H and O–H groups in total. The maximum absolute atomic E-state index is 5.69. The molecule has 0 aliphatic heterocycles. The number of hydrogen-bond donors (Lipinski definition) is 1. The van der Waals surface area contributed by atoms with Crippen LogP contribution in [0.4, 0.5) is 5.69 Å². The first-order chi connectivity index (χ1) is 10.7. The first-order valence-electron chi connectivity index (χ1n) is 7.41. The maximum Gasteiger partial charge on any atom is 0.247 e. The van der Waals surface area contributed by atoms with Crippen LogP contribution in [0.5, 0.6) is 0 Å². The van der Waals surface area contributed by atoms with Gasteiger partial charge in [-0.2, -0.15) is 0 Å². The van der Waals surface area contributed by atoms with E-state index < -0.39 is 0 Å². The first-order valence-corrected chi connectivity index (χ1v) is 7.41. The Kier molecular flexibility index (Phi) is 4.19. The summed E-state index contributed by atoms with van der Waals surface area (Å²) in [4.78, 5) is 0. The predicted molar refractivity (Wildman–Crippen MR) is 87.8 cm³/mol. The van der Waals surface area contributed by atoms with Crippen molar-refractivity contribution in [3.63, 3.8) is 0 Å². The summed E-state index contributed by atoms with van der Waals surface area (Å²) < 4.78 is 5.69. The van der Waals surface area contributed by atoms with Crippen LogP contribution in [0.3, 0.4) is 0 Å². The number of hydrogen-bond acceptors (Lipinski definition) is 4. The minimum atomic E-state index is 0.571. The number of nitrogens with zero attached hydrogens (tertiary/aromatic N) is 2. The van der Waals surface area contributed by atoms with Gasteiger partial charge in [0, 0.05) is 24.2 Å². The highest BCUT2D eigenvalue weighted by atomic mass is 16.4. The second-order valence-corrected chi connectivity index (χ2v) is 5.34. The normalized spacial score (nSPS) is 10.6. The van der Waals surface area contributed by atoms with Gasteiger partial charge in [0.1, 0.15) is 0 Å². The molecule has 0 unspecified atom stereocenters. The van der Waals surface area contributed by atoms with Crippen LogP contribution >= 0.6 is 0 Å². The van der Waals surface area contributed by atoms with E-state index in [-0.39, 0.29) is 0 Å². The number of nitrogens with one attached hydrogen (secondary N) is 1. The smallest absolute Gasteiger partial charge is 0.247 e. The van der Waals surface area contributed by atoms with Crippen molar-refractivity contribution in [1.82, 2.24) is 10.2 Å². The van der Waals surface area contributed by atoms with Crippen molar-refractivity contribution in [1.29, 1.82) is 0 Å². The molecular formula is C18H19N3O. The molecule has 22 heavy (non-hydrogen) atoms. The molecule has 4 nitrogen and oxygen atoms in total. The van der Waals surface area contributed by atoms with E-state index in [1.54, 1.807) is 0 Å². The van der Waals surface area contributed by atoms with Crippen LogP contribution in [0.1, 0.15) is 17.0 Å². The zero-order valence-corrected chi connectivity index (χ0v) is 12.8. The molecule has 0 radical (unpaired) electrons. The van der Waals surface area contributed by atoms with E-state index in [0.717, 1.165) is 17.8 Å². The van der Waals surface area contributed by atoms with Crippen LogP contribution in [-0.4, -0.2) is 16.7 Å². The Balaban J connectivity index is 1.58. The molecule has 1 aromatic heterocycles. The monoisotopic (exact) mass is 293 g/mol. The van der Waals surface area contributed by atoms with Crippen LogP contribution in [0.2, 0.25) is 0 Å². The average molecular weight is 293 g/mol. The van der Waals surface area contributed by atoms with E-state index in [9.17, 15) is 0 Å². The predicted octanol–water partition coefficient (Wildman–Crippen LogP) is 4.01. The highest BCUT2D eigenvalue weighted by molar-refractivity contribution is 5.51. The molecule has 3 rings (SSSR count). The number of anilines is 1. The van der Waals surface area contributed by atoms with Gasteiger partial charge in [-0.05, 0) is 49.2 Å². The van der Waals surface area contributed by atoms with Crippen LogP contribution < -0.4 is 5.32 Å². The van der Waals surface area contributed by atoms with Crippen molar-refractivity contribution in [3.8, 4) is 11.5 Å². The van der Waals surface area contributed by atoms with Crippen molar-refractivity contribution >= 4 is 5.69 Å². The van der Waals surface area contributed by atoms with E-state index in [4.69, 9.17) is 4.42 Å². The zero-order valence-electron chi connectivity index (χ0n) is 12.8. The minimum Gasteiger partial charge on any atom is -0.421 e. The minimum absolute atomic E-state index is 0.571. The maximum atomic E-state index is 5.69. The molecule has 0 saturated carbocycles. The number of benzene rings is 2. The lowest BCUT2D eigenvalue weighted by atomic mass is 10.1. The van der Waals surface area contributed by atoms with Gasteiger partial charge in [-0.15, -0.1) is 10.2 Å². The van der Waals surface area contributed by atoms with E-state index in [0.29, 0.717) is 18.2 Å². The Labute approximate surface area is 130 Å². The zero-order chi connectivity index (χ0) is 15.4. The highest BCUT2D eigenvalue weighted by Gasteiger charge is 2.07. The van der Waals surface area contributed by atoms with Crippen LogP contribution in [0, 0.1) is 13.8 Å². The Morgan fingerprint density at radius 1 is 0.955 bits per heavy atom. The molecule has 4 heteroatoms. The van der Waals surface area contributed by atoms with E-state index in [1.807, 2.05) is 30.3 Å². The fraction of sp³-hybridized carbons (Fsp3) is 0.222. The fourth-order valence-corrected chi connectivity index (χ4v) is 2.22. The lowest BCUT2D eigenvalue weighted by Crippen LogP contribution is -2.05. The second-order valence-electron chi connectivity index (χ2n) is 5.34. The van der Waals surface area contributed by atoms with Crippen molar-refractivity contribution in [2.45, 2.75) is 20.3 Å². The lowest BCUT2D eigenvalue weighted by molar-refractivity contribution is 0.509. The van der Waals surface area contributed by atoms with Crippen LogP contribution in [-0.2, 0) is 6.42 Å². The number of rotatable bonds is 5. The van der Waals surface area contributed by atoms with E-state index in [1.165, 1.54) is 11.1 Å². The lowest BCUT2D eigenvalue weighted by Gasteiger charge is -2.07. The van der Waals surface area contributed by atoms with Crippen LogP contribution in [0.15, 0.2) is 52.9 Å². The van der Waals surface area contributed by atoms with Gasteiger partial charge in [0.05, 0.1) is 0 Å². The largest absolute Gasteiger partial charge is 0.421 e. The highest BCUT2D eigenvalue weighted by Crippen LogP contribution is 2.17. The van der Waals surface area contributed by atoms with Gasteiger partial charge in [-0.25, -0.2) is 0 Å². The summed E-state index contributed by atoms with van der Waals surface area (Å²) in [5.74, 6) is 1.22. The molecule has 0 saturated heterocycles. The SMILES string of the molecule is Cc1ccc(NCCc2nnc(-c3ccccc3)o2)cc1C. The molecule has 0 fully saturated rings. The van der Waals surface area contributed by atoms with E-state index in [2.05, 4.69) is 47.6 Å². The molecule has 1 heterocycles. The van der Waals surface area contributed by atoms with E-state index >= 15 is 0 Å². The van der Waals surface area contributed by atoms with Crippen molar-refractivity contribution in [2.24, 2.45) is 0 Å². The molecule has 3 aromatic rings. The van der Waals surface area contributed by atoms with Gasteiger partial charge in [-0.1, -0.05) is 24.3 Å². The summed E-state index contributed by atoms with van der Waals surface area (Å²) >= 11 is 0. The Morgan fingerprint density at radius 3 is 2.55 bits per heavy atom. The second kappa shape index (κ2) is 6.43. The molecule has 0 atom stereocenters. The molecule has 0 bridgehead atoms. The van der Waals surface area contributed by atoms with Crippen molar-refractivity contribution in [3.05, 3.63) is 65.5 Å². The summed E-state index contributed by atoms with van der Waals surface area (Å²) in [6.45, 7) is 4.99. The third kappa shape index (κ3) is 3.34. The summed E-state index contributed by atoms with van der Waals surface area (Å²) in [7, 11) is 0. The van der Waals surface area contributed by atoms with Gasteiger partial charge in [0.25, 0.3) is 0 Å². The summed E-state index contributed by atoms with van der Waals surface area (Å²) in [6, 6.07) is 16.2. The van der Waals surface area contributed by atoms with Crippen molar-refractivity contribution < 1.29 is 4.42 Å². The van der Waals surface area contributed by atoms with Gasteiger partial charge < -0.3 is 9.73 Å². The fourth-order valence-electron chi connectivity index (χ4n) is 2.22. The molecular weight excluding hydrogens is 274 g/mol. The Hall–Kier alpha value is -2.62.